The molecule has 2 aromatic rings. The van der Waals surface area contributed by atoms with Crippen molar-refractivity contribution in [3.05, 3.63) is 53.0 Å². The number of rotatable bonds is 4. The molecule has 1 aromatic carbocycles. The fraction of sp³-hybridized carbons (Fsp3) is 0.458. The molecular formula is C24H27FN4O3. The summed E-state index contributed by atoms with van der Waals surface area (Å²) in [5.74, 6) is 0.663. The number of hydrogen-bond donors (Lipinski definition) is 0. The smallest absolute Gasteiger partial charge is 0.414 e. The summed E-state index contributed by atoms with van der Waals surface area (Å²) in [6.45, 7) is 6.51. The van der Waals surface area contributed by atoms with Crippen LogP contribution in [-0.2, 0) is 4.74 Å². The normalized spacial score (nSPS) is 21.2. The molecule has 2 saturated heterocycles. The Kier molecular flexibility index (Phi) is 5.23. The van der Waals surface area contributed by atoms with Gasteiger partial charge in [0, 0.05) is 32.4 Å². The van der Waals surface area contributed by atoms with Crippen LogP contribution in [0.15, 0.2) is 30.5 Å². The van der Waals surface area contributed by atoms with Crippen LogP contribution in [0, 0.1) is 12.7 Å². The Balaban J connectivity index is 1.27. The van der Waals surface area contributed by atoms with E-state index < -0.39 is 11.9 Å². The molecule has 32 heavy (non-hydrogen) atoms. The second-order valence-electron chi connectivity index (χ2n) is 8.94. The molecule has 0 N–H and O–H groups in total. The summed E-state index contributed by atoms with van der Waals surface area (Å²) < 4.78 is 19.8. The predicted molar refractivity (Wildman–Crippen MR) is 119 cm³/mol. The van der Waals surface area contributed by atoms with Crippen LogP contribution in [0.1, 0.15) is 47.2 Å². The first-order valence-corrected chi connectivity index (χ1v) is 11.2. The van der Waals surface area contributed by atoms with Crippen molar-refractivity contribution in [3.63, 3.8) is 0 Å². The Morgan fingerprint density at radius 1 is 1.16 bits per heavy atom. The number of ether oxygens (including phenoxy) is 1. The van der Waals surface area contributed by atoms with Gasteiger partial charge in [0.15, 0.2) is 0 Å². The Morgan fingerprint density at radius 2 is 1.91 bits per heavy atom. The maximum Gasteiger partial charge on any atom is 0.414 e. The van der Waals surface area contributed by atoms with Crippen LogP contribution in [0.2, 0.25) is 0 Å². The molecular weight excluding hydrogens is 411 g/mol. The summed E-state index contributed by atoms with van der Waals surface area (Å²) >= 11 is 0. The zero-order chi connectivity index (χ0) is 22.4. The second-order valence-corrected chi connectivity index (χ2v) is 8.94. The lowest BCUT2D eigenvalue weighted by Gasteiger charge is -2.36. The van der Waals surface area contributed by atoms with Crippen molar-refractivity contribution in [2.45, 2.75) is 38.6 Å². The number of nitrogens with zero attached hydrogens (tertiary/aromatic N) is 4. The van der Waals surface area contributed by atoms with E-state index in [1.165, 1.54) is 41.0 Å². The van der Waals surface area contributed by atoms with Crippen molar-refractivity contribution < 1.29 is 18.7 Å². The average molecular weight is 439 g/mol. The van der Waals surface area contributed by atoms with E-state index in [-0.39, 0.29) is 24.1 Å². The van der Waals surface area contributed by atoms with Crippen LogP contribution >= 0.6 is 0 Å². The number of cyclic esters (lactones) is 1. The van der Waals surface area contributed by atoms with Gasteiger partial charge in [0.25, 0.3) is 5.91 Å². The number of halogens is 1. The summed E-state index contributed by atoms with van der Waals surface area (Å²) in [6.07, 6.45) is 3.81. The van der Waals surface area contributed by atoms with Gasteiger partial charge in [-0.15, -0.1) is 0 Å². The lowest BCUT2D eigenvalue weighted by molar-refractivity contribution is 0.0741. The molecule has 8 heteroatoms. The number of carbonyl (C=O) groups excluding carboxylic acids is 2. The highest BCUT2D eigenvalue weighted by atomic mass is 19.1. The van der Waals surface area contributed by atoms with Crippen LogP contribution in [0.3, 0.4) is 0 Å². The standard InChI is InChI=1S/C24H27FN4O3/c1-15-11-20(17-3-4-17)22(26-13-15)27-7-9-28(10-8-27)23(30)19-6-5-18(12-21(19)25)29-16(2)14-32-24(29)31/h5-6,11-13,16-17H,3-4,7-10,14H2,1-2H3. The van der Waals surface area contributed by atoms with E-state index in [4.69, 9.17) is 4.74 Å². The molecule has 1 saturated carbocycles. The van der Waals surface area contributed by atoms with Gasteiger partial charge in [-0.1, -0.05) is 6.07 Å². The van der Waals surface area contributed by atoms with Crippen LogP contribution < -0.4 is 9.80 Å². The largest absolute Gasteiger partial charge is 0.447 e. The molecule has 1 atom stereocenters. The van der Waals surface area contributed by atoms with Gasteiger partial charge in [-0.05, 0) is 61.9 Å². The summed E-state index contributed by atoms with van der Waals surface area (Å²) in [6, 6.07) is 6.36. The minimum absolute atomic E-state index is 0.0227. The number of anilines is 2. The van der Waals surface area contributed by atoms with Crippen molar-refractivity contribution in [1.82, 2.24) is 9.88 Å². The lowest BCUT2D eigenvalue weighted by atomic mass is 10.1. The van der Waals surface area contributed by atoms with E-state index in [0.29, 0.717) is 37.8 Å². The average Bonchev–Trinajstić information content (AvgIpc) is 3.58. The number of pyridine rings is 1. The first-order chi connectivity index (χ1) is 15.4. The molecule has 2 amide bonds. The molecule has 168 valence electrons. The molecule has 1 unspecified atom stereocenters. The number of hydrogen-bond acceptors (Lipinski definition) is 5. The number of piperazine rings is 1. The Labute approximate surface area is 186 Å². The van der Waals surface area contributed by atoms with E-state index in [0.717, 1.165) is 5.82 Å². The van der Waals surface area contributed by atoms with Crippen LogP contribution in [0.4, 0.5) is 20.7 Å². The zero-order valence-corrected chi connectivity index (χ0v) is 18.4. The summed E-state index contributed by atoms with van der Waals surface area (Å²) in [5.41, 5.74) is 2.90. The molecule has 0 radical (unpaired) electrons. The van der Waals surface area contributed by atoms with Crippen LogP contribution in [-0.4, -0.2) is 60.7 Å². The molecule has 7 nitrogen and oxygen atoms in total. The van der Waals surface area contributed by atoms with E-state index in [1.807, 2.05) is 13.1 Å². The maximum absolute atomic E-state index is 14.8. The predicted octanol–water partition coefficient (Wildman–Crippen LogP) is 3.71. The van der Waals surface area contributed by atoms with Gasteiger partial charge >= 0.3 is 6.09 Å². The Bertz CT molecular complexity index is 1060. The molecule has 1 aliphatic carbocycles. The molecule has 3 heterocycles. The monoisotopic (exact) mass is 438 g/mol. The topological polar surface area (TPSA) is 66.0 Å². The second kappa shape index (κ2) is 8.07. The van der Waals surface area contributed by atoms with Gasteiger partial charge < -0.3 is 14.5 Å². The third-order valence-corrected chi connectivity index (χ3v) is 6.46. The molecule has 2 aliphatic heterocycles. The van der Waals surface area contributed by atoms with Crippen molar-refractivity contribution in [2.75, 3.05) is 42.6 Å². The summed E-state index contributed by atoms with van der Waals surface area (Å²) in [5, 5.41) is 0. The molecule has 0 bridgehead atoms. The first-order valence-electron chi connectivity index (χ1n) is 11.2. The van der Waals surface area contributed by atoms with E-state index in [9.17, 15) is 14.0 Å². The van der Waals surface area contributed by atoms with Gasteiger partial charge in [-0.3, -0.25) is 9.69 Å². The first kappa shape index (κ1) is 20.7. The van der Waals surface area contributed by atoms with Crippen molar-refractivity contribution in [1.29, 1.82) is 0 Å². The third kappa shape index (κ3) is 3.78. The number of carbonyl (C=O) groups is 2. The highest BCUT2D eigenvalue weighted by Crippen LogP contribution is 2.44. The molecule has 3 fully saturated rings. The quantitative estimate of drug-likeness (QED) is 0.728. The number of aryl methyl sites for hydroxylation is 1. The molecule has 3 aliphatic rings. The SMILES string of the molecule is Cc1cnc(N2CCN(C(=O)c3ccc(N4C(=O)OCC4C)cc3F)CC2)c(C2CC2)c1. The molecule has 1 aromatic heterocycles. The van der Waals surface area contributed by atoms with E-state index in [1.54, 1.807) is 11.0 Å². The number of aromatic nitrogens is 1. The van der Waals surface area contributed by atoms with Gasteiger partial charge in [0.05, 0.1) is 17.3 Å². The van der Waals surface area contributed by atoms with Crippen molar-refractivity contribution >= 4 is 23.5 Å². The van der Waals surface area contributed by atoms with E-state index >= 15 is 0 Å². The highest BCUT2D eigenvalue weighted by Gasteiger charge is 2.33. The number of amides is 2. The Hall–Kier alpha value is -3.16. The minimum Gasteiger partial charge on any atom is -0.447 e. The summed E-state index contributed by atoms with van der Waals surface area (Å²) in [7, 11) is 0. The zero-order valence-electron chi connectivity index (χ0n) is 18.4. The lowest BCUT2D eigenvalue weighted by Crippen LogP contribution is -2.49. The minimum atomic E-state index is -0.627. The Morgan fingerprint density at radius 3 is 2.53 bits per heavy atom. The molecule has 0 spiro atoms. The highest BCUT2D eigenvalue weighted by molar-refractivity contribution is 5.96. The third-order valence-electron chi connectivity index (χ3n) is 6.46. The maximum atomic E-state index is 14.8. The van der Waals surface area contributed by atoms with Crippen molar-refractivity contribution in [3.8, 4) is 0 Å². The van der Waals surface area contributed by atoms with Gasteiger partial charge in [-0.2, -0.15) is 0 Å². The van der Waals surface area contributed by atoms with Gasteiger partial charge in [-0.25, -0.2) is 14.2 Å². The van der Waals surface area contributed by atoms with Gasteiger partial charge in [0.2, 0.25) is 0 Å². The molecule has 5 rings (SSSR count). The summed E-state index contributed by atoms with van der Waals surface area (Å²) in [4.78, 5) is 34.9. The number of benzene rings is 1. The van der Waals surface area contributed by atoms with Crippen molar-refractivity contribution in [2.24, 2.45) is 0 Å². The van der Waals surface area contributed by atoms with Crippen LogP contribution in [0.25, 0.3) is 0 Å². The fourth-order valence-electron chi connectivity index (χ4n) is 4.54. The van der Waals surface area contributed by atoms with E-state index in [2.05, 4.69) is 22.9 Å². The fourth-order valence-corrected chi connectivity index (χ4v) is 4.54. The van der Waals surface area contributed by atoms with Crippen LogP contribution in [0.5, 0.6) is 0 Å². The van der Waals surface area contributed by atoms with Gasteiger partial charge in [0.1, 0.15) is 18.2 Å².